The molecule has 0 heterocycles. The molecule has 0 spiro atoms. The normalized spacial score (nSPS) is 15.5. The second kappa shape index (κ2) is 4.76. The van der Waals surface area contributed by atoms with E-state index in [0.29, 0.717) is 0 Å². The molecule has 0 unspecified atom stereocenters. The number of hydrogen-bond donors (Lipinski definition) is 2. The number of nitrogens with zero attached hydrogens (tertiary/aromatic N) is 1. The Morgan fingerprint density at radius 1 is 0.947 bits per heavy atom. The maximum absolute atomic E-state index is 8.63. The van der Waals surface area contributed by atoms with E-state index in [1.165, 1.54) is 24.0 Å². The third kappa shape index (κ3) is 2.45. The lowest BCUT2D eigenvalue weighted by Gasteiger charge is -2.05. The Labute approximate surface area is 112 Å². The van der Waals surface area contributed by atoms with Crippen LogP contribution in [0.3, 0.4) is 0 Å². The Morgan fingerprint density at radius 2 is 1.47 bits per heavy atom. The van der Waals surface area contributed by atoms with E-state index in [2.05, 4.69) is 29.4 Å². The van der Waals surface area contributed by atoms with Crippen molar-refractivity contribution in [2.75, 3.05) is 0 Å². The first kappa shape index (κ1) is 11.8. The van der Waals surface area contributed by atoms with Crippen molar-refractivity contribution in [2.24, 2.45) is 10.9 Å². The van der Waals surface area contributed by atoms with Crippen LogP contribution in [0, 0.1) is 0 Å². The summed E-state index contributed by atoms with van der Waals surface area (Å²) in [5, 5.41) is 11.6. The van der Waals surface area contributed by atoms with Crippen molar-refractivity contribution in [2.45, 2.75) is 18.8 Å². The minimum atomic E-state index is 0.135. The highest BCUT2D eigenvalue weighted by Gasteiger charge is 2.22. The van der Waals surface area contributed by atoms with Crippen LogP contribution in [0.25, 0.3) is 11.1 Å². The number of oxime groups is 1. The third-order valence-corrected chi connectivity index (χ3v) is 3.58. The van der Waals surface area contributed by atoms with Crippen LogP contribution in [0.4, 0.5) is 0 Å². The molecule has 1 aliphatic rings. The molecule has 1 saturated carbocycles. The van der Waals surface area contributed by atoms with E-state index < -0.39 is 0 Å². The first-order chi connectivity index (χ1) is 9.28. The first-order valence-electron chi connectivity index (χ1n) is 6.46. The van der Waals surface area contributed by atoms with Crippen LogP contribution in [0.5, 0.6) is 0 Å². The molecule has 1 fully saturated rings. The molecule has 2 aromatic carbocycles. The summed E-state index contributed by atoms with van der Waals surface area (Å²) >= 11 is 0. The largest absolute Gasteiger partial charge is 0.409 e. The van der Waals surface area contributed by atoms with Gasteiger partial charge in [-0.05, 0) is 35.4 Å². The average molecular weight is 252 g/mol. The van der Waals surface area contributed by atoms with Crippen LogP contribution in [-0.2, 0) is 0 Å². The number of nitrogens with two attached hydrogens (primary N) is 1. The van der Waals surface area contributed by atoms with Gasteiger partial charge in [0.1, 0.15) is 0 Å². The third-order valence-electron chi connectivity index (χ3n) is 3.58. The lowest BCUT2D eigenvalue weighted by Crippen LogP contribution is -2.12. The minimum absolute atomic E-state index is 0.135. The van der Waals surface area contributed by atoms with Gasteiger partial charge in [0.05, 0.1) is 0 Å². The van der Waals surface area contributed by atoms with Crippen LogP contribution in [-0.4, -0.2) is 11.0 Å². The lowest BCUT2D eigenvalue weighted by atomic mass is 10.0. The van der Waals surface area contributed by atoms with Gasteiger partial charge in [-0.1, -0.05) is 53.7 Å². The van der Waals surface area contributed by atoms with E-state index in [9.17, 15) is 0 Å². The number of hydrogen-bond acceptors (Lipinski definition) is 2. The van der Waals surface area contributed by atoms with Crippen molar-refractivity contribution in [3.63, 3.8) is 0 Å². The summed E-state index contributed by atoms with van der Waals surface area (Å²) in [4.78, 5) is 0. The quantitative estimate of drug-likeness (QED) is 0.381. The molecule has 0 saturated heterocycles. The molecule has 3 N–H and O–H groups in total. The topological polar surface area (TPSA) is 58.6 Å². The van der Waals surface area contributed by atoms with Crippen molar-refractivity contribution in [3.05, 3.63) is 59.7 Å². The van der Waals surface area contributed by atoms with E-state index >= 15 is 0 Å². The highest BCUT2D eigenvalue weighted by Crippen LogP contribution is 2.40. The predicted octanol–water partition coefficient (Wildman–Crippen LogP) is 3.33. The highest BCUT2D eigenvalue weighted by molar-refractivity contribution is 5.97. The van der Waals surface area contributed by atoms with Gasteiger partial charge in [0.25, 0.3) is 0 Å². The van der Waals surface area contributed by atoms with Gasteiger partial charge in [0, 0.05) is 5.56 Å². The molecule has 3 nitrogen and oxygen atoms in total. The van der Waals surface area contributed by atoms with E-state index in [1.807, 2.05) is 24.3 Å². The van der Waals surface area contributed by atoms with Gasteiger partial charge >= 0.3 is 0 Å². The zero-order valence-electron chi connectivity index (χ0n) is 10.6. The van der Waals surface area contributed by atoms with Crippen molar-refractivity contribution < 1.29 is 5.21 Å². The van der Waals surface area contributed by atoms with Crippen LogP contribution < -0.4 is 5.73 Å². The van der Waals surface area contributed by atoms with E-state index in [1.54, 1.807) is 0 Å². The van der Waals surface area contributed by atoms with Crippen molar-refractivity contribution in [1.82, 2.24) is 0 Å². The molecule has 2 aromatic rings. The summed E-state index contributed by atoms with van der Waals surface area (Å²) in [6.07, 6.45) is 2.65. The molecule has 0 atom stereocenters. The molecule has 0 aliphatic heterocycles. The second-order valence-electron chi connectivity index (χ2n) is 4.96. The van der Waals surface area contributed by atoms with Gasteiger partial charge < -0.3 is 10.9 Å². The van der Waals surface area contributed by atoms with E-state index in [0.717, 1.165) is 17.0 Å². The summed E-state index contributed by atoms with van der Waals surface area (Å²) < 4.78 is 0. The van der Waals surface area contributed by atoms with Gasteiger partial charge in [-0.2, -0.15) is 0 Å². The molecule has 3 rings (SSSR count). The summed E-state index contributed by atoms with van der Waals surface area (Å²) in [5.41, 5.74) is 10.0. The number of benzene rings is 2. The lowest BCUT2D eigenvalue weighted by molar-refractivity contribution is 0.318. The average Bonchev–Trinajstić information content (AvgIpc) is 3.31. The Hall–Kier alpha value is -2.29. The van der Waals surface area contributed by atoms with Gasteiger partial charge in [-0.3, -0.25) is 0 Å². The van der Waals surface area contributed by atoms with Crippen molar-refractivity contribution >= 4 is 5.84 Å². The Bertz CT molecular complexity index is 596. The zero-order valence-corrected chi connectivity index (χ0v) is 10.6. The van der Waals surface area contributed by atoms with Crippen LogP contribution >= 0.6 is 0 Å². The molecule has 0 aromatic heterocycles. The Morgan fingerprint density at radius 3 is 1.95 bits per heavy atom. The Kier molecular flexibility index (Phi) is 2.95. The summed E-state index contributed by atoms with van der Waals surface area (Å²) in [7, 11) is 0. The monoisotopic (exact) mass is 252 g/mol. The Balaban J connectivity index is 1.85. The van der Waals surface area contributed by atoms with Crippen molar-refractivity contribution in [1.29, 1.82) is 0 Å². The van der Waals surface area contributed by atoms with E-state index in [4.69, 9.17) is 10.9 Å². The standard InChI is InChI=1S/C16H16N2O/c17-16(18-19)15-9-7-14(8-10-15)13-5-3-12(4-6-13)11-1-2-11/h3-11,19H,1-2H2,(H2,17,18). The van der Waals surface area contributed by atoms with Gasteiger partial charge in [-0.15, -0.1) is 0 Å². The smallest absolute Gasteiger partial charge is 0.170 e. The van der Waals surface area contributed by atoms with Crippen LogP contribution in [0.2, 0.25) is 0 Å². The first-order valence-corrected chi connectivity index (χ1v) is 6.46. The maximum atomic E-state index is 8.63. The SMILES string of the molecule is N/C(=N/O)c1ccc(-c2ccc(C3CC3)cc2)cc1. The fraction of sp³-hybridized carbons (Fsp3) is 0.188. The molecular formula is C16H16N2O. The molecule has 96 valence electrons. The van der Waals surface area contributed by atoms with E-state index in [-0.39, 0.29) is 5.84 Å². The molecular weight excluding hydrogens is 236 g/mol. The molecule has 3 heteroatoms. The summed E-state index contributed by atoms with van der Waals surface area (Å²) in [6.45, 7) is 0. The fourth-order valence-electron chi connectivity index (χ4n) is 2.26. The summed E-state index contributed by atoms with van der Waals surface area (Å²) in [5.74, 6) is 0.924. The molecule has 0 amide bonds. The second-order valence-corrected chi connectivity index (χ2v) is 4.96. The fourth-order valence-corrected chi connectivity index (χ4v) is 2.26. The molecule has 0 bridgehead atoms. The maximum Gasteiger partial charge on any atom is 0.170 e. The van der Waals surface area contributed by atoms with Gasteiger partial charge in [0.15, 0.2) is 5.84 Å². The minimum Gasteiger partial charge on any atom is -0.409 e. The van der Waals surface area contributed by atoms with Gasteiger partial charge in [-0.25, -0.2) is 0 Å². The van der Waals surface area contributed by atoms with Crippen LogP contribution in [0.15, 0.2) is 53.7 Å². The zero-order chi connectivity index (χ0) is 13.2. The molecule has 0 radical (unpaired) electrons. The number of rotatable bonds is 3. The predicted molar refractivity (Wildman–Crippen MR) is 76.4 cm³/mol. The van der Waals surface area contributed by atoms with Crippen molar-refractivity contribution in [3.8, 4) is 11.1 Å². The highest BCUT2D eigenvalue weighted by atomic mass is 16.4. The van der Waals surface area contributed by atoms with Gasteiger partial charge in [0.2, 0.25) is 0 Å². The molecule has 1 aliphatic carbocycles. The molecule has 19 heavy (non-hydrogen) atoms. The summed E-state index contributed by atoms with van der Waals surface area (Å²) in [6, 6.07) is 16.4. The van der Waals surface area contributed by atoms with Crippen LogP contribution in [0.1, 0.15) is 29.9 Å². The number of amidine groups is 1.